The highest BCUT2D eigenvalue weighted by molar-refractivity contribution is 6.14. The lowest BCUT2D eigenvalue weighted by atomic mass is 9.74. The van der Waals surface area contributed by atoms with E-state index in [9.17, 15) is 39.9 Å². The number of carbonyl (C=O) groups excluding carboxylic acids is 1. The number of carbonyl (C=O) groups is 1. The maximum absolute atomic E-state index is 12.7. The number of rotatable bonds is 1. The second-order valence-corrected chi connectivity index (χ2v) is 3.43. The Hall–Kier alpha value is -1.41. The van der Waals surface area contributed by atoms with Crippen LogP contribution in [-0.2, 0) is 4.79 Å². The molecule has 2 aliphatic rings. The van der Waals surface area contributed by atoms with Crippen LogP contribution in [0.1, 0.15) is 0 Å². The summed E-state index contributed by atoms with van der Waals surface area (Å²) in [5.74, 6) is -22.9. The first kappa shape index (κ1) is 12.1. The van der Waals surface area contributed by atoms with Crippen molar-refractivity contribution in [1.29, 1.82) is 0 Å². The van der Waals surface area contributed by atoms with Crippen molar-refractivity contribution in [2.75, 3.05) is 0 Å². The molecule has 0 aromatic rings. The minimum Gasteiger partial charge on any atom is -0.287 e. The molecule has 0 radical (unpaired) electrons. The van der Waals surface area contributed by atoms with Gasteiger partial charge in [-0.25, -0.2) is 8.78 Å². The molecule has 2 aliphatic carbocycles. The van der Waals surface area contributed by atoms with Crippen LogP contribution in [0.5, 0.6) is 0 Å². The number of hydrogen-bond donors (Lipinski definition) is 0. The third kappa shape index (κ3) is 1.02. The molecule has 0 N–H and O–H groups in total. The van der Waals surface area contributed by atoms with Crippen molar-refractivity contribution in [3.8, 4) is 0 Å². The SMILES string of the molecule is O=C1C(C2=C(F)C(F)(F)C2(F)F)=C(F)C1(F)F. The van der Waals surface area contributed by atoms with Crippen molar-refractivity contribution in [3.63, 3.8) is 0 Å². The molecule has 0 fully saturated rings. The Morgan fingerprint density at radius 3 is 1.59 bits per heavy atom. The van der Waals surface area contributed by atoms with Crippen LogP contribution in [0, 0.1) is 0 Å². The minimum atomic E-state index is -5.21. The van der Waals surface area contributed by atoms with Gasteiger partial charge >= 0.3 is 17.8 Å². The van der Waals surface area contributed by atoms with E-state index in [0.717, 1.165) is 0 Å². The van der Waals surface area contributed by atoms with Gasteiger partial charge in [-0.05, 0) is 0 Å². The van der Waals surface area contributed by atoms with Crippen LogP contribution in [0.4, 0.5) is 35.1 Å². The van der Waals surface area contributed by atoms with E-state index in [-0.39, 0.29) is 0 Å². The van der Waals surface area contributed by atoms with Crippen molar-refractivity contribution in [2.24, 2.45) is 0 Å². The Kier molecular flexibility index (Phi) is 1.92. The first-order valence-corrected chi connectivity index (χ1v) is 3.97. The van der Waals surface area contributed by atoms with Gasteiger partial charge in [-0.3, -0.25) is 4.79 Å². The van der Waals surface area contributed by atoms with Crippen molar-refractivity contribution < 1.29 is 39.9 Å². The topological polar surface area (TPSA) is 17.1 Å². The second kappa shape index (κ2) is 2.70. The molecular formula is C8F8O. The van der Waals surface area contributed by atoms with Gasteiger partial charge in [0, 0.05) is 0 Å². The van der Waals surface area contributed by atoms with Crippen LogP contribution in [0.25, 0.3) is 0 Å². The fraction of sp³-hybridized carbons (Fsp3) is 0.375. The summed E-state index contributed by atoms with van der Waals surface area (Å²) in [5, 5.41) is 0. The average Bonchev–Trinajstić information content (AvgIpc) is 2.23. The van der Waals surface area contributed by atoms with Crippen LogP contribution in [-0.4, -0.2) is 23.6 Å². The van der Waals surface area contributed by atoms with Gasteiger partial charge in [0.25, 0.3) is 0 Å². The average molecular weight is 264 g/mol. The lowest BCUT2D eigenvalue weighted by molar-refractivity contribution is -0.203. The zero-order valence-corrected chi connectivity index (χ0v) is 7.43. The van der Waals surface area contributed by atoms with Gasteiger partial charge in [0.1, 0.15) is 0 Å². The van der Waals surface area contributed by atoms with Gasteiger partial charge < -0.3 is 0 Å². The van der Waals surface area contributed by atoms with Gasteiger partial charge in [0.2, 0.25) is 5.78 Å². The molecule has 0 amide bonds. The summed E-state index contributed by atoms with van der Waals surface area (Å²) in [6.45, 7) is 0. The molecule has 9 heteroatoms. The van der Waals surface area contributed by atoms with Crippen LogP contribution < -0.4 is 0 Å². The molecule has 0 atom stereocenters. The summed E-state index contributed by atoms with van der Waals surface area (Å²) >= 11 is 0. The van der Waals surface area contributed by atoms with E-state index >= 15 is 0 Å². The van der Waals surface area contributed by atoms with E-state index in [2.05, 4.69) is 0 Å². The first-order chi connectivity index (χ1) is 7.47. The van der Waals surface area contributed by atoms with Crippen LogP contribution >= 0.6 is 0 Å². The highest BCUT2D eigenvalue weighted by Crippen LogP contribution is 2.61. The molecule has 0 aromatic heterocycles. The lowest BCUT2D eigenvalue weighted by Gasteiger charge is -2.40. The summed E-state index contributed by atoms with van der Waals surface area (Å²) in [7, 11) is 0. The van der Waals surface area contributed by atoms with Crippen molar-refractivity contribution in [3.05, 3.63) is 22.8 Å². The molecule has 0 saturated heterocycles. The summed E-state index contributed by atoms with van der Waals surface area (Å²) in [4.78, 5) is 10.5. The van der Waals surface area contributed by atoms with Crippen molar-refractivity contribution in [1.82, 2.24) is 0 Å². The summed E-state index contributed by atoms with van der Waals surface area (Å²) in [6, 6.07) is 0. The standard InChI is InChI=1S/C8F8O/c9-3-1(5(17)6(3,11)12)2-4(10)8(15,16)7(2,13)14. The monoisotopic (exact) mass is 264 g/mol. The normalized spacial score (nSPS) is 29.1. The highest BCUT2D eigenvalue weighted by atomic mass is 19.3. The molecular weight excluding hydrogens is 264 g/mol. The molecule has 0 aromatic carbocycles. The van der Waals surface area contributed by atoms with E-state index in [1.54, 1.807) is 0 Å². The van der Waals surface area contributed by atoms with Crippen LogP contribution in [0.3, 0.4) is 0 Å². The predicted octanol–water partition coefficient (Wildman–Crippen LogP) is 2.94. The minimum absolute atomic E-state index is 2.00. The third-order valence-corrected chi connectivity index (χ3v) is 2.46. The number of Topliss-reactive ketones (excluding diaryl/α,β-unsaturated/α-hetero) is 1. The molecule has 17 heavy (non-hydrogen) atoms. The maximum Gasteiger partial charge on any atom is 0.365 e. The lowest BCUT2D eigenvalue weighted by Crippen LogP contribution is -2.57. The van der Waals surface area contributed by atoms with Crippen LogP contribution in [0.15, 0.2) is 22.8 Å². The largest absolute Gasteiger partial charge is 0.365 e. The predicted molar refractivity (Wildman–Crippen MR) is 36.1 cm³/mol. The number of alkyl halides is 6. The Bertz CT molecular complexity index is 498. The summed E-state index contributed by atoms with van der Waals surface area (Å²) < 4.78 is 99.7. The molecule has 94 valence electrons. The van der Waals surface area contributed by atoms with Gasteiger partial charge in [0.05, 0.1) is 11.1 Å². The van der Waals surface area contributed by atoms with Gasteiger partial charge in [-0.1, -0.05) is 0 Å². The second-order valence-electron chi connectivity index (χ2n) is 3.43. The number of allylic oxidation sites excluding steroid dienone is 4. The van der Waals surface area contributed by atoms with E-state index in [0.29, 0.717) is 0 Å². The van der Waals surface area contributed by atoms with Gasteiger partial charge in [0.15, 0.2) is 11.7 Å². The van der Waals surface area contributed by atoms with E-state index in [1.807, 2.05) is 0 Å². The van der Waals surface area contributed by atoms with Crippen LogP contribution in [0.2, 0.25) is 0 Å². The van der Waals surface area contributed by atoms with E-state index in [1.165, 1.54) is 0 Å². The number of ketones is 1. The van der Waals surface area contributed by atoms with Gasteiger partial charge in [-0.2, -0.15) is 26.3 Å². The quantitative estimate of drug-likeness (QED) is 0.665. The third-order valence-electron chi connectivity index (χ3n) is 2.46. The number of halogens is 8. The summed E-state index contributed by atoms with van der Waals surface area (Å²) in [5.41, 5.74) is -4.29. The van der Waals surface area contributed by atoms with E-state index in [4.69, 9.17) is 0 Å². The molecule has 0 unspecified atom stereocenters. The van der Waals surface area contributed by atoms with E-state index < -0.39 is 46.4 Å². The smallest absolute Gasteiger partial charge is 0.287 e. The zero-order valence-electron chi connectivity index (χ0n) is 7.43. The first-order valence-electron chi connectivity index (χ1n) is 3.97. The molecule has 0 spiro atoms. The Labute approximate surface area is 87.4 Å². The Morgan fingerprint density at radius 2 is 1.24 bits per heavy atom. The molecule has 0 bridgehead atoms. The fourth-order valence-electron chi connectivity index (χ4n) is 1.47. The van der Waals surface area contributed by atoms with Gasteiger partial charge in [-0.15, -0.1) is 0 Å². The van der Waals surface area contributed by atoms with Crippen molar-refractivity contribution >= 4 is 5.78 Å². The summed E-state index contributed by atoms with van der Waals surface area (Å²) in [6.07, 6.45) is 0. The number of hydrogen-bond acceptors (Lipinski definition) is 1. The maximum atomic E-state index is 12.7. The highest BCUT2D eigenvalue weighted by Gasteiger charge is 2.77. The Balaban J connectivity index is 2.59. The molecule has 0 saturated carbocycles. The molecule has 0 aliphatic heterocycles. The fourth-order valence-corrected chi connectivity index (χ4v) is 1.47. The van der Waals surface area contributed by atoms with Crippen molar-refractivity contribution in [2.45, 2.75) is 17.8 Å². The molecule has 2 rings (SSSR count). The molecule has 0 heterocycles. The Morgan fingerprint density at radius 1 is 0.765 bits per heavy atom. The molecule has 1 nitrogen and oxygen atoms in total. The zero-order chi connectivity index (χ0) is 13.4.